The molecule has 0 fully saturated rings. The van der Waals surface area contributed by atoms with Gasteiger partial charge in [-0.25, -0.2) is 12.2 Å². The monoisotopic (exact) mass is 442 g/mol. The van der Waals surface area contributed by atoms with Crippen LogP contribution in [-0.4, -0.2) is 10.3 Å². The molecule has 0 aromatic heterocycles. The molecule has 0 saturated heterocycles. The minimum absolute atomic E-state index is 0. The number of hydrogen-bond donors (Lipinski definition) is 0. The van der Waals surface area contributed by atoms with Gasteiger partial charge in [0, 0.05) is 0 Å². The van der Waals surface area contributed by atoms with Gasteiger partial charge >= 0.3 is 21.7 Å². The second-order valence-electron chi connectivity index (χ2n) is 8.02. The summed E-state index contributed by atoms with van der Waals surface area (Å²) in [4.78, 5) is 0. The van der Waals surface area contributed by atoms with E-state index < -0.39 is 0 Å². The Morgan fingerprint density at radius 1 is 0.962 bits per heavy atom. The van der Waals surface area contributed by atoms with Crippen molar-refractivity contribution < 1.29 is 46.5 Å². The summed E-state index contributed by atoms with van der Waals surface area (Å²) in [5.74, 6) is 0. The second kappa shape index (κ2) is 11.8. The van der Waals surface area contributed by atoms with Crippen molar-refractivity contribution in [2.24, 2.45) is 0 Å². The summed E-state index contributed by atoms with van der Waals surface area (Å²) in [6.07, 6.45) is 10.0. The molecule has 0 bridgehead atoms. The molecule has 4 heteroatoms. The number of hydrogen-bond acceptors (Lipinski definition) is 0. The first-order chi connectivity index (χ1) is 10.7. The van der Waals surface area contributed by atoms with Crippen molar-refractivity contribution in [2.45, 2.75) is 58.3 Å². The number of rotatable bonds is 1. The van der Waals surface area contributed by atoms with Gasteiger partial charge < -0.3 is 24.8 Å². The van der Waals surface area contributed by atoms with Crippen LogP contribution in [0.1, 0.15) is 48.0 Å². The third-order valence-electron chi connectivity index (χ3n) is 3.79. The van der Waals surface area contributed by atoms with Crippen LogP contribution in [0.15, 0.2) is 54.6 Å². The smallest absolute Gasteiger partial charge is 1.00 e. The van der Waals surface area contributed by atoms with Crippen LogP contribution in [0.5, 0.6) is 0 Å². The largest absolute Gasteiger partial charge is 4.00 e. The van der Waals surface area contributed by atoms with Gasteiger partial charge in [-0.3, -0.25) is 6.08 Å². The first kappa shape index (κ1) is 28.2. The Labute approximate surface area is 188 Å². The van der Waals surface area contributed by atoms with E-state index in [9.17, 15) is 0 Å². The maximum Gasteiger partial charge on any atom is 4.00 e. The van der Waals surface area contributed by atoms with Gasteiger partial charge in [0.1, 0.15) is 0 Å². The molecule has 1 aliphatic rings. The van der Waals surface area contributed by atoms with Crippen molar-refractivity contribution in [3.05, 3.63) is 60.7 Å². The van der Waals surface area contributed by atoms with Gasteiger partial charge in [0.2, 0.25) is 0 Å². The van der Waals surface area contributed by atoms with Crippen LogP contribution >= 0.6 is 7.92 Å². The van der Waals surface area contributed by atoms with Crippen LogP contribution in [0.3, 0.4) is 0 Å². The van der Waals surface area contributed by atoms with Crippen molar-refractivity contribution in [2.75, 3.05) is 0 Å². The summed E-state index contributed by atoms with van der Waals surface area (Å²) in [5.41, 5.74) is 0. The van der Waals surface area contributed by atoms with Crippen molar-refractivity contribution in [1.82, 2.24) is 0 Å². The summed E-state index contributed by atoms with van der Waals surface area (Å²) in [6, 6.07) is 13.5. The average Bonchev–Trinajstić information content (AvgIpc) is 3.07. The molecule has 0 amide bonds. The molecule has 2 aromatic rings. The molecule has 3 rings (SSSR count). The summed E-state index contributed by atoms with van der Waals surface area (Å²) < 4.78 is 0. The van der Waals surface area contributed by atoms with E-state index in [-0.39, 0.29) is 54.5 Å². The molecular formula is C22H29Cl2PTi. The Morgan fingerprint density at radius 3 is 1.92 bits per heavy atom. The van der Waals surface area contributed by atoms with Crippen LogP contribution in [0.4, 0.5) is 0 Å². The van der Waals surface area contributed by atoms with Crippen LogP contribution < -0.4 is 30.1 Å². The predicted octanol–water partition coefficient (Wildman–Crippen LogP) is 0.574. The van der Waals surface area contributed by atoms with Gasteiger partial charge in [0.15, 0.2) is 0 Å². The Hall–Kier alpha value is 0.0343. The first-order valence-electron chi connectivity index (χ1n) is 8.37. The SMILES string of the molecule is CC(C)(C)P(c1cc2ccccc2[cH-]1)C(C)(C)C.[C-]1=CC=CC1.[Cl-].[Cl-].[Ti+4]. The Balaban J connectivity index is 0. The van der Waals surface area contributed by atoms with E-state index in [0.29, 0.717) is 10.3 Å². The molecule has 1 aliphatic carbocycles. The Morgan fingerprint density at radius 2 is 1.54 bits per heavy atom. The van der Waals surface area contributed by atoms with E-state index in [1.165, 1.54) is 10.8 Å². The van der Waals surface area contributed by atoms with Crippen LogP contribution in [0.2, 0.25) is 0 Å². The normalized spacial score (nSPS) is 12.7. The summed E-state index contributed by atoms with van der Waals surface area (Å²) in [6.45, 7) is 14.3. The molecule has 140 valence electrons. The topological polar surface area (TPSA) is 0 Å². The van der Waals surface area contributed by atoms with E-state index in [4.69, 9.17) is 0 Å². The number of allylic oxidation sites excluding steroid dienone is 4. The number of fused-ring (bicyclic) bond motifs is 1. The van der Waals surface area contributed by atoms with E-state index in [2.05, 4.69) is 90.1 Å². The van der Waals surface area contributed by atoms with Crippen LogP contribution in [0.25, 0.3) is 10.8 Å². The third-order valence-corrected chi connectivity index (χ3v) is 7.25. The third kappa shape index (κ3) is 7.96. The molecule has 0 N–H and O–H groups in total. The fourth-order valence-electron chi connectivity index (χ4n) is 3.38. The van der Waals surface area contributed by atoms with Crippen molar-refractivity contribution in [1.29, 1.82) is 0 Å². The fourth-order valence-corrected chi connectivity index (χ4v) is 7.48. The Bertz CT molecular complexity index is 646. The molecular weight excluding hydrogens is 414 g/mol. The van der Waals surface area contributed by atoms with Gasteiger partial charge in [-0.15, -0.1) is 46.8 Å². The van der Waals surface area contributed by atoms with E-state index in [0.717, 1.165) is 6.42 Å². The van der Waals surface area contributed by atoms with Crippen molar-refractivity contribution >= 4 is 24.0 Å². The molecule has 0 aliphatic heterocycles. The fraction of sp³-hybridized carbons (Fsp3) is 0.409. The van der Waals surface area contributed by atoms with E-state index in [1.807, 2.05) is 12.2 Å². The molecule has 0 spiro atoms. The molecule has 0 heterocycles. The van der Waals surface area contributed by atoms with Crippen LogP contribution in [0, 0.1) is 6.08 Å². The molecule has 0 unspecified atom stereocenters. The molecule has 0 nitrogen and oxygen atoms in total. The maximum atomic E-state index is 2.99. The van der Waals surface area contributed by atoms with E-state index >= 15 is 0 Å². The van der Waals surface area contributed by atoms with Crippen molar-refractivity contribution in [3.63, 3.8) is 0 Å². The van der Waals surface area contributed by atoms with Gasteiger partial charge in [0.05, 0.1) is 0 Å². The zero-order valence-electron chi connectivity index (χ0n) is 16.6. The molecule has 26 heavy (non-hydrogen) atoms. The average molecular weight is 443 g/mol. The van der Waals surface area contributed by atoms with E-state index in [1.54, 1.807) is 5.30 Å². The standard InChI is InChI=1S/C17H24P.C5H5.2ClH.Ti/c1-16(2,3)18(17(4,5)6)15-11-13-9-7-8-10-14(13)12-15;1-2-4-5-3-1;;;/h7-12H,1-6H3;1-3H,4H2;2*1H;/q2*-1;;;+4/p-2. The summed E-state index contributed by atoms with van der Waals surface area (Å²) in [5, 5.41) is 5.00. The van der Waals surface area contributed by atoms with Gasteiger partial charge in [-0.2, -0.15) is 12.1 Å². The minimum atomic E-state index is -0.185. The molecule has 2 aromatic carbocycles. The van der Waals surface area contributed by atoms with Gasteiger partial charge in [-0.1, -0.05) is 55.5 Å². The van der Waals surface area contributed by atoms with Crippen LogP contribution in [-0.2, 0) is 21.7 Å². The maximum absolute atomic E-state index is 2.99. The summed E-state index contributed by atoms with van der Waals surface area (Å²) >= 11 is 0. The quantitative estimate of drug-likeness (QED) is 0.344. The molecule has 0 atom stereocenters. The zero-order chi connectivity index (χ0) is 17.1. The summed E-state index contributed by atoms with van der Waals surface area (Å²) in [7, 11) is -0.185. The Kier molecular flexibility index (Phi) is 12.8. The molecule has 0 saturated carbocycles. The molecule has 0 radical (unpaired) electrons. The number of benzene rings is 1. The predicted molar refractivity (Wildman–Crippen MR) is 107 cm³/mol. The van der Waals surface area contributed by atoms with Gasteiger partial charge in [0.25, 0.3) is 0 Å². The van der Waals surface area contributed by atoms with Crippen molar-refractivity contribution in [3.8, 4) is 0 Å². The first-order valence-corrected chi connectivity index (χ1v) is 9.71. The van der Waals surface area contributed by atoms with Gasteiger partial charge in [-0.05, 0) is 10.3 Å². The zero-order valence-corrected chi connectivity index (χ0v) is 20.6. The minimum Gasteiger partial charge on any atom is -1.00 e. The number of halogens is 2. The second-order valence-corrected chi connectivity index (χ2v) is 11.9.